The van der Waals surface area contributed by atoms with Crippen molar-refractivity contribution in [2.24, 2.45) is 5.73 Å². The molecule has 3 heteroatoms. The molecule has 2 nitrogen and oxygen atoms in total. The number of carbonyl (C=O) groups is 1. The molecule has 1 amide bonds. The lowest BCUT2D eigenvalue weighted by Crippen LogP contribution is -2.35. The molecular formula is C10H12BrNO. The molecule has 0 spiro atoms. The summed E-state index contributed by atoms with van der Waals surface area (Å²) in [7, 11) is 0. The molecule has 0 aliphatic carbocycles. The van der Waals surface area contributed by atoms with Gasteiger partial charge in [0.15, 0.2) is 0 Å². The van der Waals surface area contributed by atoms with E-state index in [1.165, 1.54) is 0 Å². The lowest BCUT2D eigenvalue weighted by Gasteiger charge is -2.20. The van der Waals surface area contributed by atoms with Crippen LogP contribution in [0.4, 0.5) is 0 Å². The molecule has 1 aromatic rings. The first-order chi connectivity index (χ1) is 5.94. The van der Waals surface area contributed by atoms with Gasteiger partial charge >= 0.3 is 0 Å². The van der Waals surface area contributed by atoms with Crippen molar-refractivity contribution in [1.29, 1.82) is 0 Å². The summed E-state index contributed by atoms with van der Waals surface area (Å²) in [6.45, 7) is 3.63. The summed E-state index contributed by atoms with van der Waals surface area (Å²) < 4.78 is 0.958. The number of amides is 1. The molecule has 13 heavy (non-hydrogen) atoms. The SMILES string of the molecule is CC(C)(C(N)=O)c1cccc(Br)c1. The number of hydrogen-bond donors (Lipinski definition) is 1. The van der Waals surface area contributed by atoms with E-state index in [0.29, 0.717) is 0 Å². The molecular weight excluding hydrogens is 230 g/mol. The number of nitrogens with two attached hydrogens (primary N) is 1. The maximum absolute atomic E-state index is 11.1. The van der Waals surface area contributed by atoms with Crippen LogP contribution in [0.3, 0.4) is 0 Å². The van der Waals surface area contributed by atoms with Crippen molar-refractivity contribution in [3.63, 3.8) is 0 Å². The predicted octanol–water partition coefficient (Wildman–Crippen LogP) is 2.21. The third kappa shape index (κ3) is 2.10. The molecule has 70 valence electrons. The number of hydrogen-bond acceptors (Lipinski definition) is 1. The van der Waals surface area contributed by atoms with E-state index in [1.807, 2.05) is 38.1 Å². The van der Waals surface area contributed by atoms with Crippen molar-refractivity contribution < 1.29 is 4.79 Å². The van der Waals surface area contributed by atoms with Gasteiger partial charge in [0.25, 0.3) is 0 Å². The van der Waals surface area contributed by atoms with Crippen LogP contribution in [0.2, 0.25) is 0 Å². The maximum Gasteiger partial charge on any atom is 0.227 e. The van der Waals surface area contributed by atoms with Crippen LogP contribution in [0.15, 0.2) is 28.7 Å². The van der Waals surface area contributed by atoms with E-state index in [1.54, 1.807) is 0 Å². The van der Waals surface area contributed by atoms with E-state index in [0.717, 1.165) is 10.0 Å². The predicted molar refractivity (Wildman–Crippen MR) is 56.4 cm³/mol. The van der Waals surface area contributed by atoms with Gasteiger partial charge in [-0.05, 0) is 31.5 Å². The van der Waals surface area contributed by atoms with Crippen LogP contribution in [-0.2, 0) is 10.2 Å². The van der Waals surface area contributed by atoms with E-state index in [9.17, 15) is 4.79 Å². The first-order valence-corrected chi connectivity index (χ1v) is 4.80. The van der Waals surface area contributed by atoms with Gasteiger partial charge in [0.2, 0.25) is 5.91 Å². The number of halogens is 1. The van der Waals surface area contributed by atoms with Crippen LogP contribution >= 0.6 is 15.9 Å². The highest BCUT2D eigenvalue weighted by molar-refractivity contribution is 9.10. The quantitative estimate of drug-likeness (QED) is 0.848. The number of benzene rings is 1. The highest BCUT2D eigenvalue weighted by atomic mass is 79.9. The zero-order valence-electron chi connectivity index (χ0n) is 7.67. The second-order valence-corrected chi connectivity index (χ2v) is 4.42. The minimum atomic E-state index is -0.607. The average molecular weight is 242 g/mol. The molecule has 0 radical (unpaired) electrons. The molecule has 2 N–H and O–H groups in total. The first kappa shape index (κ1) is 10.3. The Balaban J connectivity index is 3.14. The van der Waals surface area contributed by atoms with E-state index < -0.39 is 5.41 Å². The Kier molecular flexibility index (Phi) is 2.76. The average Bonchev–Trinajstić information content (AvgIpc) is 2.04. The van der Waals surface area contributed by atoms with Crippen molar-refractivity contribution in [2.45, 2.75) is 19.3 Å². The monoisotopic (exact) mass is 241 g/mol. The second-order valence-electron chi connectivity index (χ2n) is 3.50. The summed E-state index contributed by atoms with van der Waals surface area (Å²) in [6.07, 6.45) is 0. The zero-order valence-corrected chi connectivity index (χ0v) is 9.26. The van der Waals surface area contributed by atoms with Crippen LogP contribution < -0.4 is 5.73 Å². The number of carbonyl (C=O) groups excluding carboxylic acids is 1. The Hall–Kier alpha value is -0.830. The van der Waals surface area contributed by atoms with Crippen LogP contribution in [0.25, 0.3) is 0 Å². The molecule has 0 atom stereocenters. The Bertz CT molecular complexity index is 333. The third-order valence-corrected chi connectivity index (χ3v) is 2.66. The van der Waals surface area contributed by atoms with Gasteiger partial charge in [-0.25, -0.2) is 0 Å². The van der Waals surface area contributed by atoms with Gasteiger partial charge in [0, 0.05) is 4.47 Å². The standard InChI is InChI=1S/C10H12BrNO/c1-10(2,9(12)13)7-4-3-5-8(11)6-7/h3-6H,1-2H3,(H2,12,13). The van der Waals surface area contributed by atoms with Gasteiger partial charge in [-0.15, -0.1) is 0 Å². The van der Waals surface area contributed by atoms with Crippen LogP contribution in [0, 0.1) is 0 Å². The minimum absolute atomic E-state index is 0.314. The molecule has 0 saturated heterocycles. The normalized spacial score (nSPS) is 11.3. The fraction of sp³-hybridized carbons (Fsp3) is 0.300. The lowest BCUT2D eigenvalue weighted by atomic mass is 9.84. The summed E-state index contributed by atoms with van der Waals surface area (Å²) in [5.74, 6) is -0.314. The minimum Gasteiger partial charge on any atom is -0.369 e. The Morgan fingerprint density at radius 3 is 2.54 bits per heavy atom. The zero-order chi connectivity index (χ0) is 10.1. The van der Waals surface area contributed by atoms with E-state index in [4.69, 9.17) is 5.73 Å². The van der Waals surface area contributed by atoms with Crippen LogP contribution in [0.5, 0.6) is 0 Å². The molecule has 0 aliphatic rings. The van der Waals surface area contributed by atoms with Crippen molar-refractivity contribution in [3.8, 4) is 0 Å². The first-order valence-electron chi connectivity index (χ1n) is 4.00. The summed E-state index contributed by atoms with van der Waals surface area (Å²) in [6, 6.07) is 7.62. The van der Waals surface area contributed by atoms with Crippen molar-refractivity contribution in [2.75, 3.05) is 0 Å². The third-order valence-electron chi connectivity index (χ3n) is 2.16. The Labute approximate surface area is 86.3 Å². The molecule has 0 aromatic heterocycles. The smallest absolute Gasteiger partial charge is 0.227 e. The topological polar surface area (TPSA) is 43.1 Å². The van der Waals surface area contributed by atoms with Gasteiger partial charge < -0.3 is 5.73 Å². The fourth-order valence-electron chi connectivity index (χ4n) is 1.02. The van der Waals surface area contributed by atoms with E-state index in [-0.39, 0.29) is 5.91 Å². The van der Waals surface area contributed by atoms with Crippen molar-refractivity contribution >= 4 is 21.8 Å². The summed E-state index contributed by atoms with van der Waals surface area (Å²) in [5.41, 5.74) is 5.62. The Morgan fingerprint density at radius 1 is 1.46 bits per heavy atom. The largest absolute Gasteiger partial charge is 0.369 e. The van der Waals surface area contributed by atoms with Crippen molar-refractivity contribution in [1.82, 2.24) is 0 Å². The molecule has 0 heterocycles. The summed E-state index contributed by atoms with van der Waals surface area (Å²) in [4.78, 5) is 11.1. The second kappa shape index (κ2) is 3.50. The molecule has 0 saturated carbocycles. The van der Waals surface area contributed by atoms with Crippen LogP contribution in [-0.4, -0.2) is 5.91 Å². The summed E-state index contributed by atoms with van der Waals surface area (Å²) >= 11 is 3.35. The molecule has 1 rings (SSSR count). The van der Waals surface area contributed by atoms with Gasteiger partial charge in [-0.1, -0.05) is 28.1 Å². The van der Waals surface area contributed by atoms with Crippen molar-refractivity contribution in [3.05, 3.63) is 34.3 Å². The van der Waals surface area contributed by atoms with E-state index in [2.05, 4.69) is 15.9 Å². The highest BCUT2D eigenvalue weighted by Gasteiger charge is 2.26. The summed E-state index contributed by atoms with van der Waals surface area (Å²) in [5, 5.41) is 0. The van der Waals surface area contributed by atoms with Gasteiger partial charge in [0.1, 0.15) is 0 Å². The number of rotatable bonds is 2. The number of primary amides is 1. The van der Waals surface area contributed by atoms with Gasteiger partial charge in [0.05, 0.1) is 5.41 Å². The molecule has 1 aromatic carbocycles. The molecule has 0 aliphatic heterocycles. The fourth-order valence-corrected chi connectivity index (χ4v) is 1.42. The molecule has 0 unspecified atom stereocenters. The van der Waals surface area contributed by atoms with Crippen LogP contribution in [0.1, 0.15) is 19.4 Å². The Morgan fingerprint density at radius 2 is 2.08 bits per heavy atom. The molecule has 0 bridgehead atoms. The van der Waals surface area contributed by atoms with Gasteiger partial charge in [-0.3, -0.25) is 4.79 Å². The molecule has 0 fully saturated rings. The maximum atomic E-state index is 11.1. The van der Waals surface area contributed by atoms with E-state index >= 15 is 0 Å². The van der Waals surface area contributed by atoms with Gasteiger partial charge in [-0.2, -0.15) is 0 Å². The highest BCUT2D eigenvalue weighted by Crippen LogP contribution is 2.25. The lowest BCUT2D eigenvalue weighted by molar-refractivity contribution is -0.122.